The first kappa shape index (κ1) is 14.6. The Hall–Kier alpha value is 0.540. The predicted octanol–water partition coefficient (Wildman–Crippen LogP) is 0.662. The quantitative estimate of drug-likeness (QED) is 0.689. The van der Waals surface area contributed by atoms with Crippen LogP contribution in [0.1, 0.15) is 13.8 Å². The van der Waals surface area contributed by atoms with Crippen molar-refractivity contribution in [2.75, 3.05) is 37.7 Å². The van der Waals surface area contributed by atoms with Gasteiger partial charge in [0.1, 0.15) is 0 Å². The fourth-order valence-electron chi connectivity index (χ4n) is 1.35. The van der Waals surface area contributed by atoms with Gasteiger partial charge in [0.25, 0.3) is 0 Å². The lowest BCUT2D eigenvalue weighted by atomic mass is 10.4. The first-order valence-electron chi connectivity index (χ1n) is 5.70. The second-order valence-corrected chi connectivity index (χ2v) is 6.36. The summed E-state index contributed by atoms with van der Waals surface area (Å²) in [6.45, 7) is 7.77. The molecule has 0 spiro atoms. The van der Waals surface area contributed by atoms with Gasteiger partial charge in [-0.2, -0.15) is 0 Å². The van der Waals surface area contributed by atoms with Gasteiger partial charge in [0, 0.05) is 37.7 Å². The van der Waals surface area contributed by atoms with Crippen LogP contribution in [-0.4, -0.2) is 68.7 Å². The SMILES string of the molecule is CC(O)CSN1CCN(SCC(C)O)CC1. The normalized spacial score (nSPS) is 23.2. The summed E-state index contributed by atoms with van der Waals surface area (Å²) < 4.78 is 4.62. The number of aliphatic hydroxyl groups is 2. The molecule has 0 amide bonds. The topological polar surface area (TPSA) is 46.9 Å². The molecule has 2 unspecified atom stereocenters. The van der Waals surface area contributed by atoms with Crippen molar-refractivity contribution >= 4 is 23.9 Å². The van der Waals surface area contributed by atoms with Gasteiger partial charge in [-0.25, -0.2) is 8.61 Å². The van der Waals surface area contributed by atoms with E-state index in [-0.39, 0.29) is 12.2 Å². The molecule has 0 radical (unpaired) electrons. The summed E-state index contributed by atoms with van der Waals surface area (Å²) in [5, 5.41) is 18.4. The highest BCUT2D eigenvalue weighted by Crippen LogP contribution is 2.19. The average Bonchev–Trinajstić information content (AvgIpc) is 2.25. The molecular formula is C10H22N2O2S2. The second kappa shape index (κ2) is 7.79. The predicted molar refractivity (Wildman–Crippen MR) is 71.4 cm³/mol. The van der Waals surface area contributed by atoms with Crippen LogP contribution in [0.3, 0.4) is 0 Å². The molecule has 0 aromatic rings. The van der Waals surface area contributed by atoms with E-state index in [1.165, 1.54) is 0 Å². The number of nitrogens with zero attached hydrogens (tertiary/aromatic N) is 2. The average molecular weight is 266 g/mol. The Balaban J connectivity index is 2.09. The number of hydrogen-bond acceptors (Lipinski definition) is 6. The highest BCUT2D eigenvalue weighted by molar-refractivity contribution is 7.97. The van der Waals surface area contributed by atoms with E-state index in [1.807, 2.05) is 13.8 Å². The van der Waals surface area contributed by atoms with Gasteiger partial charge in [-0.15, -0.1) is 0 Å². The van der Waals surface area contributed by atoms with Gasteiger partial charge in [-0.3, -0.25) is 0 Å². The fourth-order valence-corrected chi connectivity index (χ4v) is 3.05. The molecule has 0 aliphatic carbocycles. The molecule has 2 atom stereocenters. The van der Waals surface area contributed by atoms with Crippen molar-refractivity contribution in [2.45, 2.75) is 26.1 Å². The second-order valence-electron chi connectivity index (χ2n) is 4.15. The smallest absolute Gasteiger partial charge is 0.0615 e. The summed E-state index contributed by atoms with van der Waals surface area (Å²) in [6, 6.07) is 0. The zero-order chi connectivity index (χ0) is 12.0. The summed E-state index contributed by atoms with van der Waals surface area (Å²) in [7, 11) is 0. The third-order valence-electron chi connectivity index (χ3n) is 2.19. The van der Waals surface area contributed by atoms with Crippen LogP contribution in [0.2, 0.25) is 0 Å². The first-order chi connectivity index (χ1) is 7.58. The summed E-state index contributed by atoms with van der Waals surface area (Å²) in [5.74, 6) is 1.56. The number of rotatable bonds is 6. The van der Waals surface area contributed by atoms with Gasteiger partial charge >= 0.3 is 0 Å². The maximum atomic E-state index is 9.19. The van der Waals surface area contributed by atoms with Crippen molar-refractivity contribution in [3.8, 4) is 0 Å². The minimum Gasteiger partial charge on any atom is -0.393 e. The molecule has 1 aliphatic heterocycles. The largest absolute Gasteiger partial charge is 0.393 e. The molecule has 96 valence electrons. The monoisotopic (exact) mass is 266 g/mol. The van der Waals surface area contributed by atoms with Crippen LogP contribution in [0.4, 0.5) is 0 Å². The van der Waals surface area contributed by atoms with Crippen LogP contribution in [0.25, 0.3) is 0 Å². The van der Waals surface area contributed by atoms with E-state index in [0.29, 0.717) is 0 Å². The van der Waals surface area contributed by atoms with Crippen LogP contribution in [0, 0.1) is 0 Å². The van der Waals surface area contributed by atoms with Crippen molar-refractivity contribution in [1.82, 2.24) is 8.61 Å². The molecule has 1 fully saturated rings. The van der Waals surface area contributed by atoms with Gasteiger partial charge in [0.05, 0.1) is 12.2 Å². The lowest BCUT2D eigenvalue weighted by Crippen LogP contribution is -2.40. The van der Waals surface area contributed by atoms with E-state index in [2.05, 4.69) is 8.61 Å². The van der Waals surface area contributed by atoms with E-state index in [9.17, 15) is 10.2 Å². The summed E-state index contributed by atoms with van der Waals surface area (Å²) >= 11 is 3.46. The molecule has 4 nitrogen and oxygen atoms in total. The minimum atomic E-state index is -0.229. The third kappa shape index (κ3) is 6.32. The molecule has 2 N–H and O–H groups in total. The molecular weight excluding hydrogens is 244 g/mol. The summed E-state index contributed by atoms with van der Waals surface area (Å²) in [5.41, 5.74) is 0. The number of hydrogen-bond donors (Lipinski definition) is 2. The lowest BCUT2D eigenvalue weighted by Gasteiger charge is -2.33. The van der Waals surface area contributed by atoms with Crippen LogP contribution in [0.15, 0.2) is 0 Å². The van der Waals surface area contributed by atoms with Gasteiger partial charge < -0.3 is 10.2 Å². The maximum Gasteiger partial charge on any atom is 0.0615 e. The number of aliphatic hydroxyl groups excluding tert-OH is 2. The zero-order valence-corrected chi connectivity index (χ0v) is 11.6. The highest BCUT2D eigenvalue weighted by Gasteiger charge is 2.18. The van der Waals surface area contributed by atoms with E-state index < -0.39 is 0 Å². The van der Waals surface area contributed by atoms with Gasteiger partial charge in [-0.05, 0) is 13.8 Å². The molecule has 1 heterocycles. The summed E-state index contributed by atoms with van der Waals surface area (Å²) in [4.78, 5) is 0. The van der Waals surface area contributed by atoms with Crippen molar-refractivity contribution < 1.29 is 10.2 Å². The Kier molecular flexibility index (Phi) is 7.11. The van der Waals surface area contributed by atoms with E-state index >= 15 is 0 Å². The zero-order valence-electron chi connectivity index (χ0n) is 10.0. The van der Waals surface area contributed by atoms with Gasteiger partial charge in [0.15, 0.2) is 0 Å². The van der Waals surface area contributed by atoms with E-state index in [0.717, 1.165) is 37.7 Å². The number of piperazine rings is 1. The third-order valence-corrected chi connectivity index (χ3v) is 4.92. The maximum absolute atomic E-state index is 9.19. The van der Waals surface area contributed by atoms with Crippen molar-refractivity contribution in [3.05, 3.63) is 0 Å². The Bertz CT molecular complexity index is 166. The van der Waals surface area contributed by atoms with E-state index in [1.54, 1.807) is 23.9 Å². The molecule has 0 saturated carbocycles. The Morgan fingerprint density at radius 3 is 1.44 bits per heavy atom. The van der Waals surface area contributed by atoms with Gasteiger partial charge in [0.2, 0.25) is 0 Å². The molecule has 6 heteroatoms. The minimum absolute atomic E-state index is 0.229. The van der Waals surface area contributed by atoms with Crippen molar-refractivity contribution in [2.24, 2.45) is 0 Å². The van der Waals surface area contributed by atoms with Crippen LogP contribution in [0.5, 0.6) is 0 Å². The van der Waals surface area contributed by atoms with Crippen LogP contribution >= 0.6 is 23.9 Å². The Morgan fingerprint density at radius 1 is 0.875 bits per heavy atom. The van der Waals surface area contributed by atoms with Crippen molar-refractivity contribution in [1.29, 1.82) is 0 Å². The summed E-state index contributed by atoms with van der Waals surface area (Å²) in [6.07, 6.45) is -0.458. The molecule has 0 aromatic heterocycles. The lowest BCUT2D eigenvalue weighted by molar-refractivity contribution is 0.216. The molecule has 16 heavy (non-hydrogen) atoms. The molecule has 1 aliphatic rings. The molecule has 0 aromatic carbocycles. The highest BCUT2D eigenvalue weighted by atomic mass is 32.2. The molecule has 1 rings (SSSR count). The molecule has 0 bridgehead atoms. The van der Waals surface area contributed by atoms with E-state index in [4.69, 9.17) is 0 Å². The molecule has 1 saturated heterocycles. The van der Waals surface area contributed by atoms with Crippen LogP contribution < -0.4 is 0 Å². The Morgan fingerprint density at radius 2 is 1.19 bits per heavy atom. The van der Waals surface area contributed by atoms with Gasteiger partial charge in [-0.1, -0.05) is 23.9 Å². The first-order valence-corrected chi connectivity index (χ1v) is 7.58. The Labute approximate surface area is 107 Å². The van der Waals surface area contributed by atoms with Crippen molar-refractivity contribution in [3.63, 3.8) is 0 Å². The fraction of sp³-hybridized carbons (Fsp3) is 1.00. The van der Waals surface area contributed by atoms with Crippen LogP contribution in [-0.2, 0) is 0 Å². The standard InChI is InChI=1S/C10H22N2O2S2/c1-9(13)7-15-11-3-5-12(6-4-11)16-8-10(2)14/h9-10,13-14H,3-8H2,1-2H3.